The van der Waals surface area contributed by atoms with E-state index in [2.05, 4.69) is 16.5 Å². The van der Waals surface area contributed by atoms with Crippen LogP contribution < -0.4 is 4.90 Å². The molecule has 7 nitrogen and oxygen atoms in total. The van der Waals surface area contributed by atoms with E-state index in [1.807, 2.05) is 35.7 Å². The van der Waals surface area contributed by atoms with Gasteiger partial charge in [-0.1, -0.05) is 6.58 Å². The second-order valence-corrected chi connectivity index (χ2v) is 5.99. The molecule has 7 heteroatoms. The summed E-state index contributed by atoms with van der Waals surface area (Å²) in [5, 5.41) is 4.78. The summed E-state index contributed by atoms with van der Waals surface area (Å²) in [5.74, 6) is 1.53. The Labute approximate surface area is 151 Å². The number of pyridine rings is 1. The molecule has 0 aliphatic carbocycles. The fourth-order valence-electron chi connectivity index (χ4n) is 3.03. The summed E-state index contributed by atoms with van der Waals surface area (Å²) in [6.07, 6.45) is 3.52. The predicted molar refractivity (Wildman–Crippen MR) is 99.9 cm³/mol. The van der Waals surface area contributed by atoms with Crippen LogP contribution in [-0.2, 0) is 9.47 Å². The average molecular weight is 351 g/mol. The summed E-state index contributed by atoms with van der Waals surface area (Å²) in [7, 11) is 0. The molecule has 0 radical (unpaired) electrons. The van der Waals surface area contributed by atoms with Crippen molar-refractivity contribution in [2.45, 2.75) is 6.92 Å². The molecule has 26 heavy (non-hydrogen) atoms. The first-order chi connectivity index (χ1) is 12.8. The van der Waals surface area contributed by atoms with Gasteiger partial charge in [-0.25, -0.2) is 4.98 Å². The van der Waals surface area contributed by atoms with E-state index in [4.69, 9.17) is 19.6 Å². The fourth-order valence-corrected chi connectivity index (χ4v) is 3.03. The van der Waals surface area contributed by atoms with Gasteiger partial charge in [0.15, 0.2) is 5.65 Å². The van der Waals surface area contributed by atoms with Crippen LogP contribution in [0, 0.1) is 0 Å². The maximum Gasteiger partial charge on any atom is 0.158 e. The van der Waals surface area contributed by atoms with E-state index in [0.717, 1.165) is 41.5 Å². The maximum atomic E-state index is 5.57. The van der Waals surface area contributed by atoms with Gasteiger partial charge in [0.05, 0.1) is 25.5 Å². The van der Waals surface area contributed by atoms with Gasteiger partial charge in [-0.3, -0.25) is 4.98 Å². The smallest absolute Gasteiger partial charge is 0.158 e. The molecule has 0 spiro atoms. The molecule has 0 atom stereocenters. The van der Waals surface area contributed by atoms with Gasteiger partial charge >= 0.3 is 0 Å². The molecule has 3 aromatic rings. The summed E-state index contributed by atoms with van der Waals surface area (Å²) in [6.45, 7) is 9.52. The Morgan fingerprint density at radius 3 is 2.73 bits per heavy atom. The second kappa shape index (κ2) is 7.13. The second-order valence-electron chi connectivity index (χ2n) is 5.99. The fraction of sp³-hybridized carbons (Fsp3) is 0.316. The lowest BCUT2D eigenvalue weighted by atomic mass is 10.2. The lowest BCUT2D eigenvalue weighted by Crippen LogP contribution is -2.37. The van der Waals surface area contributed by atoms with Crippen LogP contribution in [0.25, 0.3) is 22.7 Å². The SMILES string of the molecule is C=C(OCC)c1cc(N2CCOCC2)n2nc(-c3ccncc3)cc2n1. The molecule has 1 aliphatic rings. The first-order valence-electron chi connectivity index (χ1n) is 8.72. The predicted octanol–water partition coefficient (Wildman–Crippen LogP) is 2.64. The Balaban J connectivity index is 1.84. The minimum Gasteiger partial charge on any atom is -0.492 e. The molecular formula is C19H21N5O2. The van der Waals surface area contributed by atoms with Gasteiger partial charge < -0.3 is 14.4 Å². The zero-order chi connectivity index (χ0) is 17.9. The van der Waals surface area contributed by atoms with Crippen LogP contribution in [0.3, 0.4) is 0 Å². The van der Waals surface area contributed by atoms with Gasteiger partial charge in [-0.2, -0.15) is 9.61 Å². The Morgan fingerprint density at radius 2 is 2.00 bits per heavy atom. The van der Waals surface area contributed by atoms with Crippen molar-refractivity contribution in [1.29, 1.82) is 0 Å². The van der Waals surface area contributed by atoms with Crippen molar-refractivity contribution in [3.8, 4) is 11.3 Å². The third-order valence-electron chi connectivity index (χ3n) is 4.32. The average Bonchev–Trinajstić information content (AvgIpc) is 3.13. The first-order valence-corrected chi connectivity index (χ1v) is 8.72. The van der Waals surface area contributed by atoms with E-state index in [1.54, 1.807) is 12.4 Å². The summed E-state index contributed by atoms with van der Waals surface area (Å²) in [4.78, 5) is 11.0. The van der Waals surface area contributed by atoms with Crippen LogP contribution in [0.4, 0.5) is 5.82 Å². The minimum atomic E-state index is 0.556. The van der Waals surface area contributed by atoms with Gasteiger partial charge in [-0.05, 0) is 19.1 Å². The molecule has 0 amide bonds. The normalized spacial score (nSPS) is 14.6. The van der Waals surface area contributed by atoms with Gasteiger partial charge in [0.1, 0.15) is 17.3 Å². The van der Waals surface area contributed by atoms with Crippen molar-refractivity contribution in [2.24, 2.45) is 0 Å². The number of nitrogens with zero attached hydrogens (tertiary/aromatic N) is 5. The number of aromatic nitrogens is 4. The van der Waals surface area contributed by atoms with Crippen molar-refractivity contribution in [1.82, 2.24) is 19.6 Å². The Morgan fingerprint density at radius 1 is 1.23 bits per heavy atom. The molecular weight excluding hydrogens is 330 g/mol. The van der Waals surface area contributed by atoms with E-state index in [9.17, 15) is 0 Å². The van der Waals surface area contributed by atoms with Crippen LogP contribution in [0.2, 0.25) is 0 Å². The summed E-state index contributed by atoms with van der Waals surface area (Å²) >= 11 is 0. The molecule has 1 fully saturated rings. The largest absolute Gasteiger partial charge is 0.492 e. The van der Waals surface area contributed by atoms with Crippen molar-refractivity contribution in [3.05, 3.63) is 48.9 Å². The van der Waals surface area contributed by atoms with Crippen LogP contribution in [-0.4, -0.2) is 52.5 Å². The molecule has 3 aromatic heterocycles. The molecule has 4 heterocycles. The number of rotatable bonds is 5. The topological polar surface area (TPSA) is 64.8 Å². The lowest BCUT2D eigenvalue weighted by molar-refractivity contribution is 0.122. The zero-order valence-corrected chi connectivity index (χ0v) is 14.8. The Bertz CT molecular complexity index is 916. The third kappa shape index (κ3) is 3.13. The van der Waals surface area contributed by atoms with Gasteiger partial charge in [0, 0.05) is 43.2 Å². The summed E-state index contributed by atoms with van der Waals surface area (Å²) in [6, 6.07) is 7.84. The molecule has 0 aromatic carbocycles. The highest BCUT2D eigenvalue weighted by molar-refractivity contribution is 5.68. The number of ether oxygens (including phenoxy) is 2. The molecule has 0 N–H and O–H groups in total. The highest BCUT2D eigenvalue weighted by Crippen LogP contribution is 2.26. The maximum absolute atomic E-state index is 5.57. The van der Waals surface area contributed by atoms with Gasteiger partial charge in [0.25, 0.3) is 0 Å². The van der Waals surface area contributed by atoms with Crippen molar-refractivity contribution >= 4 is 17.2 Å². The van der Waals surface area contributed by atoms with Crippen molar-refractivity contribution in [2.75, 3.05) is 37.8 Å². The van der Waals surface area contributed by atoms with Gasteiger partial charge in [0.2, 0.25) is 0 Å². The molecule has 0 unspecified atom stereocenters. The molecule has 134 valence electrons. The third-order valence-corrected chi connectivity index (χ3v) is 4.32. The zero-order valence-electron chi connectivity index (χ0n) is 14.8. The monoisotopic (exact) mass is 351 g/mol. The highest BCUT2D eigenvalue weighted by Gasteiger charge is 2.19. The quantitative estimate of drug-likeness (QED) is 0.659. The summed E-state index contributed by atoms with van der Waals surface area (Å²) < 4.78 is 12.9. The van der Waals surface area contributed by atoms with E-state index < -0.39 is 0 Å². The highest BCUT2D eigenvalue weighted by atomic mass is 16.5. The van der Waals surface area contributed by atoms with Gasteiger partial charge in [-0.15, -0.1) is 0 Å². The number of hydrogen-bond acceptors (Lipinski definition) is 6. The first kappa shape index (κ1) is 16.5. The number of hydrogen-bond donors (Lipinski definition) is 0. The van der Waals surface area contributed by atoms with Crippen molar-refractivity contribution < 1.29 is 9.47 Å². The minimum absolute atomic E-state index is 0.556. The standard InChI is InChI=1S/C19H21N5O2/c1-3-26-14(2)16-13-19(23-8-10-25-11-9-23)24-18(21-16)12-17(22-24)15-4-6-20-7-5-15/h4-7,12-13H,2-3,8-11H2,1H3. The Hall–Kier alpha value is -2.93. The molecule has 0 saturated carbocycles. The van der Waals surface area contributed by atoms with Crippen LogP contribution in [0.5, 0.6) is 0 Å². The lowest BCUT2D eigenvalue weighted by Gasteiger charge is -2.29. The van der Waals surface area contributed by atoms with E-state index in [1.165, 1.54) is 0 Å². The van der Waals surface area contributed by atoms with Crippen LogP contribution >= 0.6 is 0 Å². The van der Waals surface area contributed by atoms with Crippen molar-refractivity contribution in [3.63, 3.8) is 0 Å². The van der Waals surface area contributed by atoms with E-state index in [-0.39, 0.29) is 0 Å². The molecule has 1 saturated heterocycles. The number of anilines is 1. The number of morpholine rings is 1. The molecule has 0 bridgehead atoms. The Kier molecular flexibility index (Phi) is 4.53. The molecule has 4 rings (SSSR count). The van der Waals surface area contributed by atoms with Crippen LogP contribution in [0.1, 0.15) is 12.6 Å². The van der Waals surface area contributed by atoms with Crippen LogP contribution in [0.15, 0.2) is 43.2 Å². The molecule has 1 aliphatic heterocycles. The summed E-state index contributed by atoms with van der Waals surface area (Å²) in [5.41, 5.74) is 3.34. The number of fused-ring (bicyclic) bond motifs is 1. The van der Waals surface area contributed by atoms with E-state index in [0.29, 0.717) is 25.6 Å². The van der Waals surface area contributed by atoms with E-state index >= 15 is 0 Å².